The van der Waals surface area contributed by atoms with Gasteiger partial charge in [0, 0.05) is 19.2 Å². The number of amides is 3. The maximum Gasteiger partial charge on any atom is 0.315 e. The number of carbonyl (C=O) groups excluding carboxylic acids is 2. The summed E-state index contributed by atoms with van der Waals surface area (Å²) >= 11 is 0. The molecule has 1 aliphatic heterocycles. The van der Waals surface area contributed by atoms with E-state index in [-0.39, 0.29) is 18.5 Å². The molecule has 2 unspecified atom stereocenters. The Labute approximate surface area is 176 Å². The van der Waals surface area contributed by atoms with Gasteiger partial charge in [0.1, 0.15) is 0 Å². The maximum atomic E-state index is 12.3. The van der Waals surface area contributed by atoms with Gasteiger partial charge >= 0.3 is 6.03 Å². The molecule has 3 rings (SSSR count). The van der Waals surface area contributed by atoms with Crippen LogP contribution in [0.1, 0.15) is 35.8 Å². The van der Waals surface area contributed by atoms with Crippen molar-refractivity contribution >= 4 is 22.0 Å². The van der Waals surface area contributed by atoms with Gasteiger partial charge in [0.2, 0.25) is 10.0 Å². The van der Waals surface area contributed by atoms with Crippen molar-refractivity contribution in [2.24, 2.45) is 0 Å². The number of nitrogens with one attached hydrogen (secondary N) is 4. The fraction of sp³-hybridized carbons (Fsp3) is 0.333. The third-order valence-corrected chi connectivity index (χ3v) is 6.96. The van der Waals surface area contributed by atoms with Crippen LogP contribution < -0.4 is 20.7 Å². The first kappa shape index (κ1) is 21.8. The minimum Gasteiger partial charge on any atom is -0.355 e. The third-order valence-electron chi connectivity index (χ3n) is 5.09. The molecule has 3 amide bonds. The summed E-state index contributed by atoms with van der Waals surface area (Å²) < 4.78 is 27.3. The fourth-order valence-electron chi connectivity index (χ4n) is 3.23. The fourth-order valence-corrected chi connectivity index (χ4v) is 4.14. The van der Waals surface area contributed by atoms with Gasteiger partial charge in [-0.3, -0.25) is 4.79 Å². The summed E-state index contributed by atoms with van der Waals surface area (Å²) in [6, 6.07) is 13.5. The number of rotatable bonds is 6. The van der Waals surface area contributed by atoms with Crippen molar-refractivity contribution < 1.29 is 18.0 Å². The van der Waals surface area contributed by atoms with E-state index >= 15 is 0 Å². The highest BCUT2D eigenvalue weighted by atomic mass is 32.2. The van der Waals surface area contributed by atoms with E-state index in [0.29, 0.717) is 5.56 Å². The molecular weight excluding hydrogens is 404 g/mol. The van der Waals surface area contributed by atoms with E-state index < -0.39 is 27.4 Å². The number of hydrogen-bond donors (Lipinski definition) is 4. The Morgan fingerprint density at radius 2 is 1.60 bits per heavy atom. The highest BCUT2D eigenvalue weighted by molar-refractivity contribution is 7.90. The molecule has 0 aromatic heterocycles. The number of carbonyl (C=O) groups is 2. The Balaban J connectivity index is 1.82. The first-order valence-corrected chi connectivity index (χ1v) is 11.2. The third kappa shape index (κ3) is 4.80. The molecule has 2 aromatic carbocycles. The van der Waals surface area contributed by atoms with Gasteiger partial charge in [-0.1, -0.05) is 36.4 Å². The van der Waals surface area contributed by atoms with E-state index in [9.17, 15) is 18.0 Å². The SMILES string of the molecule is CNC(=O)c1ccc(-c2ccc(C3NC(=O)NCC3NS(=O)(=O)C(C)C)cc2)cc1. The predicted molar refractivity (Wildman–Crippen MR) is 116 cm³/mol. The summed E-state index contributed by atoms with van der Waals surface area (Å²) in [6.45, 7) is 3.41. The van der Waals surface area contributed by atoms with Crippen LogP contribution >= 0.6 is 0 Å². The lowest BCUT2D eigenvalue weighted by molar-refractivity contribution is 0.0963. The highest BCUT2D eigenvalue weighted by Gasteiger charge is 2.33. The van der Waals surface area contributed by atoms with Crippen molar-refractivity contribution in [2.45, 2.75) is 31.2 Å². The molecule has 30 heavy (non-hydrogen) atoms. The second kappa shape index (κ2) is 8.85. The van der Waals surface area contributed by atoms with Crippen molar-refractivity contribution in [2.75, 3.05) is 13.6 Å². The van der Waals surface area contributed by atoms with E-state index in [4.69, 9.17) is 0 Å². The van der Waals surface area contributed by atoms with Gasteiger partial charge in [-0.25, -0.2) is 17.9 Å². The lowest BCUT2D eigenvalue weighted by Gasteiger charge is -2.34. The molecule has 0 aliphatic carbocycles. The van der Waals surface area contributed by atoms with Gasteiger partial charge in [-0.2, -0.15) is 0 Å². The number of hydrogen-bond acceptors (Lipinski definition) is 4. The van der Waals surface area contributed by atoms with Crippen LogP contribution in [0.2, 0.25) is 0 Å². The van der Waals surface area contributed by atoms with Crippen molar-refractivity contribution in [1.29, 1.82) is 0 Å². The minimum absolute atomic E-state index is 0.145. The maximum absolute atomic E-state index is 12.3. The standard InChI is InChI=1S/C21H26N4O4S/c1-13(2)30(28,29)25-18-12-23-21(27)24-19(18)16-8-4-14(5-9-16)15-6-10-17(11-7-15)20(26)22-3/h4-11,13,18-19,25H,12H2,1-3H3,(H,22,26)(H2,23,24,27). The molecule has 1 fully saturated rings. The molecule has 1 heterocycles. The zero-order valence-electron chi connectivity index (χ0n) is 17.1. The van der Waals surface area contributed by atoms with Crippen LogP contribution in [0.3, 0.4) is 0 Å². The summed E-state index contributed by atoms with van der Waals surface area (Å²) in [5.41, 5.74) is 3.27. The molecule has 4 N–H and O–H groups in total. The van der Waals surface area contributed by atoms with Crippen LogP contribution in [-0.2, 0) is 10.0 Å². The average Bonchev–Trinajstić information content (AvgIpc) is 2.74. The van der Waals surface area contributed by atoms with Crippen LogP contribution in [0.25, 0.3) is 11.1 Å². The minimum atomic E-state index is -3.49. The molecule has 0 bridgehead atoms. The van der Waals surface area contributed by atoms with Crippen LogP contribution in [0, 0.1) is 0 Å². The Morgan fingerprint density at radius 3 is 2.13 bits per heavy atom. The zero-order valence-corrected chi connectivity index (χ0v) is 17.9. The molecule has 160 valence electrons. The smallest absolute Gasteiger partial charge is 0.315 e. The number of sulfonamides is 1. The van der Waals surface area contributed by atoms with E-state index in [1.165, 1.54) is 0 Å². The summed E-state index contributed by atoms with van der Waals surface area (Å²) in [5.74, 6) is -0.145. The summed E-state index contributed by atoms with van der Waals surface area (Å²) in [6.07, 6.45) is 0. The summed E-state index contributed by atoms with van der Waals surface area (Å²) in [5, 5.41) is 7.46. The van der Waals surface area contributed by atoms with Crippen LogP contribution in [-0.4, -0.2) is 45.2 Å². The zero-order chi connectivity index (χ0) is 21.9. The number of urea groups is 1. The van der Waals surface area contributed by atoms with Crippen LogP contribution in [0.4, 0.5) is 4.79 Å². The Hall–Kier alpha value is -2.91. The quantitative estimate of drug-likeness (QED) is 0.559. The molecule has 0 spiro atoms. The van der Waals surface area contributed by atoms with Gasteiger partial charge in [-0.05, 0) is 42.7 Å². The van der Waals surface area contributed by atoms with E-state index in [1.807, 2.05) is 36.4 Å². The second-order valence-electron chi connectivity index (χ2n) is 7.43. The van der Waals surface area contributed by atoms with Crippen molar-refractivity contribution in [3.05, 3.63) is 59.7 Å². The van der Waals surface area contributed by atoms with E-state index in [0.717, 1.165) is 16.7 Å². The highest BCUT2D eigenvalue weighted by Crippen LogP contribution is 2.25. The molecule has 9 heteroatoms. The van der Waals surface area contributed by atoms with Gasteiger partial charge in [0.05, 0.1) is 17.3 Å². The predicted octanol–water partition coefficient (Wildman–Crippen LogP) is 1.76. The number of benzene rings is 2. The first-order chi connectivity index (χ1) is 14.2. The Morgan fingerprint density at radius 1 is 1.03 bits per heavy atom. The molecule has 8 nitrogen and oxygen atoms in total. The molecule has 2 atom stereocenters. The molecule has 0 saturated carbocycles. The van der Waals surface area contributed by atoms with Crippen LogP contribution in [0.5, 0.6) is 0 Å². The summed E-state index contributed by atoms with van der Waals surface area (Å²) in [4.78, 5) is 23.5. The first-order valence-electron chi connectivity index (χ1n) is 9.69. The van der Waals surface area contributed by atoms with E-state index in [1.54, 1.807) is 33.0 Å². The van der Waals surface area contributed by atoms with Crippen molar-refractivity contribution in [3.63, 3.8) is 0 Å². The monoisotopic (exact) mass is 430 g/mol. The Bertz CT molecular complexity index is 1020. The van der Waals surface area contributed by atoms with Crippen molar-refractivity contribution in [3.8, 4) is 11.1 Å². The van der Waals surface area contributed by atoms with E-state index in [2.05, 4.69) is 20.7 Å². The largest absolute Gasteiger partial charge is 0.355 e. The molecule has 1 saturated heterocycles. The van der Waals surface area contributed by atoms with Gasteiger partial charge in [-0.15, -0.1) is 0 Å². The summed E-state index contributed by atoms with van der Waals surface area (Å²) in [7, 11) is -1.91. The van der Waals surface area contributed by atoms with Crippen LogP contribution in [0.15, 0.2) is 48.5 Å². The lowest BCUT2D eigenvalue weighted by atomic mass is 9.95. The molecular formula is C21H26N4O4S. The lowest BCUT2D eigenvalue weighted by Crippen LogP contribution is -2.59. The average molecular weight is 431 g/mol. The topological polar surface area (TPSA) is 116 Å². The van der Waals surface area contributed by atoms with Crippen molar-refractivity contribution in [1.82, 2.24) is 20.7 Å². The second-order valence-corrected chi connectivity index (χ2v) is 9.70. The molecule has 1 aliphatic rings. The molecule has 0 radical (unpaired) electrons. The van der Waals surface area contributed by atoms with Gasteiger partial charge in [0.25, 0.3) is 5.91 Å². The molecule has 2 aromatic rings. The normalized spacial score (nSPS) is 19.1. The van der Waals surface area contributed by atoms with Gasteiger partial charge < -0.3 is 16.0 Å². The Kier molecular flexibility index (Phi) is 6.42. The van der Waals surface area contributed by atoms with Gasteiger partial charge in [0.15, 0.2) is 0 Å².